The standard InChI is InChI=1S/HNO2S2/c2-1(3)5-4/h4H. The van der Waals surface area contributed by atoms with Gasteiger partial charge in [-0.25, -0.2) is 10.1 Å². The molecule has 0 rings (SSSR count). The fraction of sp³-hybridized carbons (Fsp3) is 0. The van der Waals surface area contributed by atoms with Gasteiger partial charge in [-0.2, -0.15) is 0 Å². The quantitative estimate of drug-likeness (QED) is 0.178. The number of thiol groups is 1. The molecular weight excluding hydrogens is 110 g/mol. The van der Waals surface area contributed by atoms with Crippen LogP contribution in [0, 0.1) is 10.1 Å². The van der Waals surface area contributed by atoms with Crippen LogP contribution in [0.4, 0.5) is 0 Å². The van der Waals surface area contributed by atoms with Crippen LogP contribution >= 0.6 is 22.6 Å². The Balaban J connectivity index is 2.85. The predicted octanol–water partition coefficient (Wildman–Crippen LogP) is 0.756. The number of nitrogens with zero attached hydrogens (tertiary/aromatic N) is 1. The molecule has 0 aliphatic rings. The van der Waals surface area contributed by atoms with Gasteiger partial charge in [-0.05, 0) is 11.7 Å². The van der Waals surface area contributed by atoms with Crippen molar-refractivity contribution in [1.29, 1.82) is 0 Å². The Morgan fingerprint density at radius 3 is 2.20 bits per heavy atom. The molecule has 0 saturated heterocycles. The maximum absolute atomic E-state index is 9.06. The Hall–Kier alpha value is 0.1000. The Morgan fingerprint density at radius 1 is 2.00 bits per heavy atom. The molecular formula is HNO2S2. The van der Waals surface area contributed by atoms with Gasteiger partial charge in [0.15, 0.2) is 0 Å². The summed E-state index contributed by atoms with van der Waals surface area (Å²) in [4.78, 5) is 9.06. The van der Waals surface area contributed by atoms with Gasteiger partial charge in [0.1, 0.15) is 4.33 Å². The van der Waals surface area contributed by atoms with Crippen LogP contribution < -0.4 is 0 Å². The van der Waals surface area contributed by atoms with Gasteiger partial charge in [-0.1, -0.05) is 0 Å². The molecule has 0 heterocycles. The van der Waals surface area contributed by atoms with Gasteiger partial charge in [-0.3, -0.25) is 0 Å². The van der Waals surface area contributed by atoms with E-state index in [-0.39, 0.29) is 0 Å². The Labute approximate surface area is 37.8 Å². The number of nitro groups is 1. The van der Waals surface area contributed by atoms with E-state index < -0.39 is 4.33 Å². The van der Waals surface area contributed by atoms with Crippen LogP contribution in [0.25, 0.3) is 0 Å². The molecule has 5 heteroatoms. The summed E-state index contributed by atoms with van der Waals surface area (Å²) in [7, 11) is 0.296. The molecule has 0 atom stereocenters. The molecule has 0 aliphatic carbocycles. The predicted molar refractivity (Wildman–Crippen MR) is 23.6 cm³/mol. The molecule has 0 saturated carbocycles. The molecule has 0 radical (unpaired) electrons. The van der Waals surface area contributed by atoms with Crippen LogP contribution in [-0.2, 0) is 0 Å². The molecule has 0 aromatic rings. The first kappa shape index (κ1) is 5.10. The topological polar surface area (TPSA) is 43.1 Å². The van der Waals surface area contributed by atoms with Crippen molar-refractivity contribution in [3.05, 3.63) is 10.1 Å². The van der Waals surface area contributed by atoms with E-state index >= 15 is 0 Å². The highest BCUT2D eigenvalue weighted by molar-refractivity contribution is 8.65. The zero-order valence-corrected chi connectivity index (χ0v) is 3.83. The van der Waals surface area contributed by atoms with Crippen molar-refractivity contribution in [2.24, 2.45) is 0 Å². The molecule has 0 aliphatic heterocycles. The molecule has 5 heavy (non-hydrogen) atoms. The van der Waals surface area contributed by atoms with Gasteiger partial charge in [0, 0.05) is 0 Å². The molecule has 0 bridgehead atoms. The number of rotatable bonds is 1. The molecule has 0 aromatic carbocycles. The van der Waals surface area contributed by atoms with Gasteiger partial charge >= 0.3 is 0 Å². The lowest BCUT2D eigenvalue weighted by Gasteiger charge is -1.67. The Bertz CT molecular complexity index is 42.9. The van der Waals surface area contributed by atoms with E-state index in [0.717, 1.165) is 0 Å². The second-order valence-corrected chi connectivity index (χ2v) is 1.26. The zero-order chi connectivity index (χ0) is 4.28. The summed E-state index contributed by atoms with van der Waals surface area (Å²) < 4.78 is -0.594. The van der Waals surface area contributed by atoms with Crippen LogP contribution in [0.2, 0.25) is 0 Å². The highest BCUT2D eigenvalue weighted by atomic mass is 33.1. The van der Waals surface area contributed by atoms with E-state index in [1.165, 1.54) is 0 Å². The van der Waals surface area contributed by atoms with E-state index in [9.17, 15) is 0 Å². The van der Waals surface area contributed by atoms with Gasteiger partial charge < -0.3 is 0 Å². The highest BCUT2D eigenvalue weighted by Gasteiger charge is 1.83. The lowest BCUT2D eigenvalue weighted by molar-refractivity contribution is -0.280. The van der Waals surface area contributed by atoms with Crippen LogP contribution in [0.5, 0.6) is 0 Å². The molecule has 0 aromatic heterocycles. The van der Waals surface area contributed by atoms with Crippen molar-refractivity contribution in [3.63, 3.8) is 0 Å². The Kier molecular flexibility index (Phi) is 2.39. The monoisotopic (exact) mass is 111 g/mol. The molecule has 0 unspecified atom stereocenters. The average Bonchev–Trinajstić information content (AvgIpc) is 1.38. The average molecular weight is 111 g/mol. The molecule has 0 N–H and O–H groups in total. The third kappa shape index (κ3) is 4.10. The third-order valence-electron chi connectivity index (χ3n) is 0.0667. The first-order valence-electron chi connectivity index (χ1n) is 0.730. The SMILES string of the molecule is O=[N+]([O-])SS. The Morgan fingerprint density at radius 2 is 2.20 bits per heavy atom. The van der Waals surface area contributed by atoms with Gasteiger partial charge in [0.2, 0.25) is 0 Å². The lowest BCUT2D eigenvalue weighted by atomic mass is 13.4. The second kappa shape index (κ2) is 2.34. The molecule has 3 nitrogen and oxygen atoms in total. The second-order valence-electron chi connectivity index (χ2n) is 0.305. The minimum absolute atomic E-state index is 0.296. The number of hydrogen-bond acceptors (Lipinski definition) is 4. The molecule has 0 fully saturated rings. The van der Waals surface area contributed by atoms with Crippen molar-refractivity contribution >= 4 is 22.6 Å². The van der Waals surface area contributed by atoms with Crippen molar-refractivity contribution in [1.82, 2.24) is 0 Å². The summed E-state index contributed by atoms with van der Waals surface area (Å²) in [6.45, 7) is 0. The summed E-state index contributed by atoms with van der Waals surface area (Å²) in [5, 5.41) is 9.06. The fourth-order valence-corrected chi connectivity index (χ4v) is 0. The maximum Gasteiger partial charge on any atom is 0.296 e. The normalized spacial score (nSPS) is 7.40. The van der Waals surface area contributed by atoms with Crippen molar-refractivity contribution in [3.8, 4) is 0 Å². The number of hydrogen-bond donors (Lipinski definition) is 1. The molecule has 30 valence electrons. The summed E-state index contributed by atoms with van der Waals surface area (Å²) in [6.07, 6.45) is 0. The van der Waals surface area contributed by atoms with Crippen LogP contribution in [0.3, 0.4) is 0 Å². The van der Waals surface area contributed by atoms with Crippen LogP contribution in [0.1, 0.15) is 0 Å². The summed E-state index contributed by atoms with van der Waals surface area (Å²) >= 11 is 3.23. The first-order valence-corrected chi connectivity index (χ1v) is 2.56. The van der Waals surface area contributed by atoms with Crippen LogP contribution in [-0.4, -0.2) is 4.33 Å². The minimum atomic E-state index is -0.594. The van der Waals surface area contributed by atoms with E-state index in [0.29, 0.717) is 11.0 Å². The van der Waals surface area contributed by atoms with Crippen molar-refractivity contribution < 1.29 is 4.33 Å². The molecule has 0 spiro atoms. The minimum Gasteiger partial charge on any atom is -0.250 e. The summed E-state index contributed by atoms with van der Waals surface area (Å²) in [5.74, 6) is 0. The fourth-order valence-electron chi connectivity index (χ4n) is 0. The van der Waals surface area contributed by atoms with Crippen molar-refractivity contribution in [2.45, 2.75) is 0 Å². The zero-order valence-electron chi connectivity index (χ0n) is 2.12. The largest absolute Gasteiger partial charge is 0.296 e. The van der Waals surface area contributed by atoms with E-state index in [4.69, 9.17) is 10.1 Å². The van der Waals surface area contributed by atoms with Crippen molar-refractivity contribution in [2.75, 3.05) is 0 Å². The van der Waals surface area contributed by atoms with E-state index in [1.54, 1.807) is 0 Å². The first-order chi connectivity index (χ1) is 2.27. The van der Waals surface area contributed by atoms with Gasteiger partial charge in [0.05, 0.1) is 0 Å². The van der Waals surface area contributed by atoms with E-state index in [1.807, 2.05) is 0 Å². The highest BCUT2D eigenvalue weighted by Crippen LogP contribution is 2.01. The summed E-state index contributed by atoms with van der Waals surface area (Å²) in [5.41, 5.74) is 0. The molecule has 0 amide bonds. The third-order valence-corrected chi connectivity index (χ3v) is 0.600. The lowest BCUT2D eigenvalue weighted by Crippen LogP contribution is -1.71. The van der Waals surface area contributed by atoms with E-state index in [2.05, 4.69) is 11.7 Å². The van der Waals surface area contributed by atoms with Gasteiger partial charge in [0.25, 0.3) is 11.0 Å². The smallest absolute Gasteiger partial charge is 0.250 e. The van der Waals surface area contributed by atoms with Crippen LogP contribution in [0.15, 0.2) is 0 Å². The van der Waals surface area contributed by atoms with Gasteiger partial charge in [-0.15, -0.1) is 0 Å². The maximum atomic E-state index is 9.06. The summed E-state index contributed by atoms with van der Waals surface area (Å²) in [6, 6.07) is 0.